The van der Waals surface area contributed by atoms with E-state index >= 15 is 0 Å². The minimum absolute atomic E-state index is 0.115. The molecule has 3 fully saturated rings. The van der Waals surface area contributed by atoms with Gasteiger partial charge in [0.2, 0.25) is 5.60 Å². The van der Waals surface area contributed by atoms with E-state index in [2.05, 4.69) is 0 Å². The summed E-state index contributed by atoms with van der Waals surface area (Å²) in [6.07, 6.45) is -3.65. The van der Waals surface area contributed by atoms with Gasteiger partial charge in [-0.25, -0.2) is 4.79 Å². The van der Waals surface area contributed by atoms with Gasteiger partial charge in [-0.05, 0) is 64.7 Å². The lowest BCUT2D eigenvalue weighted by Crippen LogP contribution is -2.58. The third-order valence-corrected chi connectivity index (χ3v) is 10.8. The van der Waals surface area contributed by atoms with Gasteiger partial charge in [0, 0.05) is 24.8 Å². The van der Waals surface area contributed by atoms with Crippen LogP contribution in [0.4, 0.5) is 0 Å². The minimum atomic E-state index is -1.85. The smallest absolute Gasteiger partial charge is 0.345 e. The lowest BCUT2D eigenvalue weighted by Gasteiger charge is -2.35. The van der Waals surface area contributed by atoms with Crippen LogP contribution in [0.15, 0.2) is 78.9 Å². The molecule has 4 aliphatic rings. The fourth-order valence-electron chi connectivity index (χ4n) is 8.43. The van der Waals surface area contributed by atoms with Crippen molar-refractivity contribution in [3.63, 3.8) is 0 Å². The summed E-state index contributed by atoms with van der Waals surface area (Å²) in [6, 6.07) is 24.6. The number of ether oxygens (including phenoxy) is 10. The number of aliphatic hydroxyl groups excluding tert-OH is 1. The number of hydrogen-bond donors (Lipinski definition) is 1. The molecule has 8 atom stereocenters. The van der Waals surface area contributed by atoms with E-state index in [-0.39, 0.29) is 6.61 Å². The molecule has 0 unspecified atom stereocenters. The molecule has 0 bridgehead atoms. The summed E-state index contributed by atoms with van der Waals surface area (Å²) in [6.45, 7) is -0.115. The lowest BCUT2D eigenvalue weighted by molar-refractivity contribution is -0.264. The molecule has 4 aliphatic heterocycles. The summed E-state index contributed by atoms with van der Waals surface area (Å²) in [5.74, 6) is -0.289. The maximum absolute atomic E-state index is 14.4. The van der Waals surface area contributed by atoms with Gasteiger partial charge in [-0.15, -0.1) is 0 Å². The van der Waals surface area contributed by atoms with Crippen molar-refractivity contribution in [3.05, 3.63) is 107 Å². The zero-order valence-corrected chi connectivity index (χ0v) is 29.6. The molecule has 12 heteroatoms. The predicted molar refractivity (Wildman–Crippen MR) is 185 cm³/mol. The highest BCUT2D eigenvalue weighted by atomic mass is 16.8. The molecular formula is C40H40O12. The van der Waals surface area contributed by atoms with Gasteiger partial charge >= 0.3 is 5.97 Å². The molecule has 0 aliphatic carbocycles. The number of carbonyl (C=O) groups is 1. The highest BCUT2D eigenvalue weighted by molar-refractivity contribution is 5.87. The van der Waals surface area contributed by atoms with E-state index in [4.69, 9.17) is 47.4 Å². The summed E-state index contributed by atoms with van der Waals surface area (Å²) in [5.41, 5.74) is 2.01. The summed E-state index contributed by atoms with van der Waals surface area (Å²) in [5, 5.41) is 11.0. The normalized spacial score (nSPS) is 29.8. The number of esters is 1. The summed E-state index contributed by atoms with van der Waals surface area (Å²) in [7, 11) is 9.42. The standard InChI is InChI=1S/C40H40O12/c1-43-24-11-7-21(8-12-24)35-32(23-15-26(45-3)17-27(16-23)46-4)33-29(18-28(47-5)19-31(33)50-35)34-36(22-9-13-25(44-2)14-10-22)52-40-37(30(41)20-49-40)51-38(42)39(34,40)48-6/h7-19,30,32,34-37,41H,20H2,1-6H3/t30-,32+,34-,35-,36-,37+,39+,40+/m0/s1. The van der Waals surface area contributed by atoms with Crippen LogP contribution in [0, 0.1) is 0 Å². The third-order valence-electron chi connectivity index (χ3n) is 10.8. The molecular weight excluding hydrogens is 672 g/mol. The van der Waals surface area contributed by atoms with Crippen molar-refractivity contribution < 1.29 is 57.3 Å². The van der Waals surface area contributed by atoms with E-state index in [9.17, 15) is 9.90 Å². The first-order chi connectivity index (χ1) is 25.2. The molecule has 8 rings (SSSR count). The fourth-order valence-corrected chi connectivity index (χ4v) is 8.43. The first kappa shape index (κ1) is 34.1. The van der Waals surface area contributed by atoms with Crippen molar-refractivity contribution in [2.75, 3.05) is 49.3 Å². The van der Waals surface area contributed by atoms with E-state index < -0.39 is 53.6 Å². The average Bonchev–Trinajstić information content (AvgIpc) is 3.89. The SMILES string of the molecule is COc1ccc([C@@H]2Oc3cc(OC)cc([C@H]4[C@H](c5ccc(OC)cc5)O[C@]56OC[C@H](O)[C@H]5OC(=O)[C@]46OC)c3[C@H]2c2cc(OC)cc(OC)c2)cc1. The maximum atomic E-state index is 14.4. The Bertz CT molecular complexity index is 1960. The Morgan fingerprint density at radius 3 is 1.77 bits per heavy atom. The largest absolute Gasteiger partial charge is 0.497 e. The van der Waals surface area contributed by atoms with Crippen LogP contribution in [0.2, 0.25) is 0 Å². The first-order valence-corrected chi connectivity index (χ1v) is 16.9. The molecule has 1 N–H and O–H groups in total. The number of aliphatic hydroxyl groups is 1. The summed E-state index contributed by atoms with van der Waals surface area (Å²) in [4.78, 5) is 14.4. The Hall–Kier alpha value is -5.01. The highest BCUT2D eigenvalue weighted by Crippen LogP contribution is 2.67. The molecule has 0 aromatic heterocycles. The van der Waals surface area contributed by atoms with E-state index in [1.807, 2.05) is 78.9 Å². The minimum Gasteiger partial charge on any atom is -0.497 e. The van der Waals surface area contributed by atoms with Crippen LogP contribution in [0.25, 0.3) is 0 Å². The number of carbonyl (C=O) groups excluding carboxylic acids is 1. The summed E-state index contributed by atoms with van der Waals surface area (Å²) < 4.78 is 60.6. The molecule has 0 radical (unpaired) electrons. The molecule has 272 valence electrons. The third kappa shape index (κ3) is 4.85. The monoisotopic (exact) mass is 712 g/mol. The van der Waals surface area contributed by atoms with Gasteiger partial charge in [0.05, 0.1) is 60.1 Å². The van der Waals surface area contributed by atoms with E-state index in [0.717, 1.165) is 22.3 Å². The van der Waals surface area contributed by atoms with Crippen LogP contribution in [0.1, 0.15) is 51.9 Å². The molecule has 0 saturated carbocycles. The van der Waals surface area contributed by atoms with Gasteiger partial charge in [0.1, 0.15) is 46.7 Å². The fraction of sp³-hybridized carbons (Fsp3) is 0.375. The van der Waals surface area contributed by atoms with Gasteiger partial charge in [-0.2, -0.15) is 0 Å². The topological polar surface area (TPSA) is 130 Å². The molecule has 4 aromatic rings. The number of fused-ring (bicyclic) bond motifs is 1. The average molecular weight is 713 g/mol. The van der Waals surface area contributed by atoms with Crippen LogP contribution in [0.3, 0.4) is 0 Å². The number of benzene rings is 4. The quantitative estimate of drug-likeness (QED) is 0.216. The maximum Gasteiger partial charge on any atom is 0.345 e. The number of rotatable bonds is 10. The Labute approximate surface area is 301 Å². The molecule has 4 aromatic carbocycles. The second-order valence-electron chi connectivity index (χ2n) is 13.2. The molecule has 12 nitrogen and oxygen atoms in total. The van der Waals surface area contributed by atoms with Gasteiger partial charge in [0.15, 0.2) is 6.10 Å². The highest BCUT2D eigenvalue weighted by Gasteiger charge is 2.84. The van der Waals surface area contributed by atoms with Crippen LogP contribution < -0.4 is 28.4 Å². The van der Waals surface area contributed by atoms with Gasteiger partial charge in [-0.1, -0.05) is 24.3 Å². The van der Waals surface area contributed by atoms with Crippen molar-refractivity contribution in [1.82, 2.24) is 0 Å². The molecule has 1 spiro atoms. The van der Waals surface area contributed by atoms with E-state index in [1.165, 1.54) is 7.11 Å². The number of methoxy groups -OCH3 is 6. The van der Waals surface area contributed by atoms with Crippen LogP contribution in [0.5, 0.6) is 34.5 Å². The van der Waals surface area contributed by atoms with E-state index in [1.54, 1.807) is 35.5 Å². The number of hydrogen-bond acceptors (Lipinski definition) is 12. The molecule has 52 heavy (non-hydrogen) atoms. The lowest BCUT2D eigenvalue weighted by atomic mass is 9.70. The Morgan fingerprint density at radius 2 is 1.21 bits per heavy atom. The van der Waals surface area contributed by atoms with Crippen molar-refractivity contribution in [2.24, 2.45) is 0 Å². The summed E-state index contributed by atoms with van der Waals surface area (Å²) >= 11 is 0. The molecule has 0 amide bonds. The van der Waals surface area contributed by atoms with Crippen LogP contribution in [-0.4, -0.2) is 83.9 Å². The Morgan fingerprint density at radius 1 is 0.654 bits per heavy atom. The molecule has 3 saturated heterocycles. The van der Waals surface area contributed by atoms with Gasteiger partial charge in [0.25, 0.3) is 5.79 Å². The molecule has 4 heterocycles. The first-order valence-electron chi connectivity index (χ1n) is 16.9. The predicted octanol–water partition coefficient (Wildman–Crippen LogP) is 5.25. The Balaban J connectivity index is 1.41. The van der Waals surface area contributed by atoms with E-state index in [0.29, 0.717) is 40.1 Å². The second kappa shape index (κ2) is 12.9. The van der Waals surface area contributed by atoms with Crippen molar-refractivity contribution >= 4 is 5.97 Å². The van der Waals surface area contributed by atoms with Gasteiger partial charge in [-0.3, -0.25) is 0 Å². The van der Waals surface area contributed by atoms with Crippen LogP contribution >= 0.6 is 0 Å². The van der Waals surface area contributed by atoms with Gasteiger partial charge < -0.3 is 52.5 Å². The van der Waals surface area contributed by atoms with Crippen molar-refractivity contribution in [3.8, 4) is 34.5 Å². The van der Waals surface area contributed by atoms with Crippen molar-refractivity contribution in [1.29, 1.82) is 0 Å². The zero-order chi connectivity index (χ0) is 36.4. The Kier molecular flexibility index (Phi) is 8.45. The van der Waals surface area contributed by atoms with Crippen LogP contribution in [-0.2, 0) is 23.7 Å². The zero-order valence-electron chi connectivity index (χ0n) is 29.6. The second-order valence-corrected chi connectivity index (χ2v) is 13.2. The van der Waals surface area contributed by atoms with Crippen molar-refractivity contribution in [2.45, 2.75) is 47.6 Å².